The number of rotatable bonds is 3. The molecule has 2 nitrogen and oxygen atoms in total. The summed E-state index contributed by atoms with van der Waals surface area (Å²) in [5, 5.41) is 0. The van der Waals surface area contributed by atoms with E-state index in [2.05, 4.69) is 48.0 Å². The second kappa shape index (κ2) is 5.76. The molecule has 2 aromatic rings. The van der Waals surface area contributed by atoms with Crippen molar-refractivity contribution >= 4 is 15.9 Å². The van der Waals surface area contributed by atoms with Crippen molar-refractivity contribution in [3.05, 3.63) is 63.1 Å². The molecule has 0 aliphatic heterocycles. The van der Waals surface area contributed by atoms with E-state index in [1.54, 1.807) is 7.11 Å². The van der Waals surface area contributed by atoms with E-state index in [9.17, 15) is 0 Å². The van der Waals surface area contributed by atoms with Crippen molar-refractivity contribution in [1.29, 1.82) is 0 Å². The van der Waals surface area contributed by atoms with Gasteiger partial charge in [-0.1, -0.05) is 39.7 Å². The summed E-state index contributed by atoms with van der Waals surface area (Å²) in [4.78, 5) is 0. The van der Waals surface area contributed by atoms with Crippen molar-refractivity contribution in [2.75, 3.05) is 7.11 Å². The highest BCUT2D eigenvalue weighted by atomic mass is 79.9. The first-order valence-corrected chi connectivity index (χ1v) is 6.98. The van der Waals surface area contributed by atoms with Crippen molar-refractivity contribution < 1.29 is 4.74 Å². The first kappa shape index (κ1) is 14.1. The van der Waals surface area contributed by atoms with Gasteiger partial charge in [0.15, 0.2) is 0 Å². The number of nitrogens with two attached hydrogens (primary N) is 1. The second-order valence-corrected chi connectivity index (χ2v) is 5.64. The zero-order chi connectivity index (χ0) is 14.0. The lowest BCUT2D eigenvalue weighted by atomic mass is 9.94. The second-order valence-electron chi connectivity index (χ2n) is 4.72. The summed E-state index contributed by atoms with van der Waals surface area (Å²) in [6.07, 6.45) is 0. The van der Waals surface area contributed by atoms with Crippen molar-refractivity contribution in [1.82, 2.24) is 0 Å². The monoisotopic (exact) mass is 319 g/mol. The fraction of sp³-hybridized carbons (Fsp3) is 0.250. The molecule has 0 spiro atoms. The summed E-state index contributed by atoms with van der Waals surface area (Å²) in [5.41, 5.74) is 11.0. The minimum Gasteiger partial charge on any atom is -0.496 e. The maximum Gasteiger partial charge on any atom is 0.124 e. The zero-order valence-electron chi connectivity index (χ0n) is 11.4. The van der Waals surface area contributed by atoms with Crippen LogP contribution in [0, 0.1) is 13.8 Å². The van der Waals surface area contributed by atoms with E-state index >= 15 is 0 Å². The third-order valence-corrected chi connectivity index (χ3v) is 3.79. The number of ether oxygens (including phenoxy) is 1. The van der Waals surface area contributed by atoms with Gasteiger partial charge in [-0.3, -0.25) is 0 Å². The van der Waals surface area contributed by atoms with Crippen LogP contribution in [0.5, 0.6) is 5.75 Å². The van der Waals surface area contributed by atoms with E-state index in [1.807, 2.05) is 18.2 Å². The molecule has 0 bridgehead atoms. The van der Waals surface area contributed by atoms with Crippen LogP contribution in [0.1, 0.15) is 28.3 Å². The van der Waals surface area contributed by atoms with Gasteiger partial charge in [0.25, 0.3) is 0 Å². The fourth-order valence-electron chi connectivity index (χ4n) is 2.21. The highest BCUT2D eigenvalue weighted by Gasteiger charge is 2.16. The molecule has 3 heteroatoms. The van der Waals surface area contributed by atoms with Crippen molar-refractivity contribution in [3.63, 3.8) is 0 Å². The summed E-state index contributed by atoms with van der Waals surface area (Å²) in [6.45, 7) is 4.16. The van der Waals surface area contributed by atoms with Crippen LogP contribution in [0.3, 0.4) is 0 Å². The molecule has 0 aromatic heterocycles. The molecule has 0 fully saturated rings. The molecule has 2 aromatic carbocycles. The molecule has 2 N–H and O–H groups in total. The third-order valence-electron chi connectivity index (χ3n) is 3.30. The van der Waals surface area contributed by atoms with Gasteiger partial charge in [0.1, 0.15) is 5.75 Å². The Hall–Kier alpha value is -1.32. The summed E-state index contributed by atoms with van der Waals surface area (Å²) in [7, 11) is 1.67. The quantitative estimate of drug-likeness (QED) is 0.923. The van der Waals surface area contributed by atoms with Crippen LogP contribution < -0.4 is 10.5 Å². The summed E-state index contributed by atoms with van der Waals surface area (Å²) in [6, 6.07) is 12.1. The van der Waals surface area contributed by atoms with Crippen LogP contribution in [-0.2, 0) is 0 Å². The first-order valence-electron chi connectivity index (χ1n) is 6.19. The Kier molecular flexibility index (Phi) is 4.27. The average molecular weight is 320 g/mol. The molecule has 1 unspecified atom stereocenters. The van der Waals surface area contributed by atoms with E-state index in [0.29, 0.717) is 0 Å². The average Bonchev–Trinajstić information content (AvgIpc) is 2.40. The summed E-state index contributed by atoms with van der Waals surface area (Å²) >= 11 is 3.49. The first-order chi connectivity index (χ1) is 9.02. The maximum atomic E-state index is 6.43. The number of hydrogen-bond donors (Lipinski definition) is 1. The van der Waals surface area contributed by atoms with Crippen molar-refractivity contribution in [2.45, 2.75) is 19.9 Å². The summed E-state index contributed by atoms with van der Waals surface area (Å²) < 4.78 is 6.42. The molecule has 0 heterocycles. The molecule has 1 atom stereocenters. The number of halogens is 1. The number of hydrogen-bond acceptors (Lipinski definition) is 2. The number of aryl methyl sites for hydroxylation is 2. The van der Waals surface area contributed by atoms with E-state index in [1.165, 1.54) is 11.1 Å². The largest absolute Gasteiger partial charge is 0.496 e. The molecule has 0 aliphatic carbocycles. The third kappa shape index (κ3) is 2.99. The standard InChI is InChI=1S/C16H18BrNO/c1-10-4-5-11(2)13(8-10)16(18)14-9-12(17)6-7-15(14)19-3/h4-9,16H,18H2,1-3H3. The molecule has 0 amide bonds. The molecular weight excluding hydrogens is 302 g/mol. The van der Waals surface area contributed by atoms with Crippen LogP contribution in [0.25, 0.3) is 0 Å². The molecule has 0 saturated carbocycles. The molecule has 100 valence electrons. The van der Waals surface area contributed by atoms with E-state index in [0.717, 1.165) is 21.3 Å². The Balaban J connectivity index is 2.51. The molecule has 0 aliphatic rings. The van der Waals surface area contributed by atoms with E-state index < -0.39 is 0 Å². The van der Waals surface area contributed by atoms with Crippen LogP contribution in [0.2, 0.25) is 0 Å². The van der Waals surface area contributed by atoms with Gasteiger partial charge in [0.05, 0.1) is 13.2 Å². The molecule has 0 saturated heterocycles. The van der Waals surface area contributed by atoms with Gasteiger partial charge in [-0.25, -0.2) is 0 Å². The van der Waals surface area contributed by atoms with E-state index in [-0.39, 0.29) is 6.04 Å². The smallest absolute Gasteiger partial charge is 0.124 e. The maximum absolute atomic E-state index is 6.43. The van der Waals surface area contributed by atoms with Crippen LogP contribution in [0.4, 0.5) is 0 Å². The van der Waals surface area contributed by atoms with Gasteiger partial charge in [-0.15, -0.1) is 0 Å². The highest BCUT2D eigenvalue weighted by Crippen LogP contribution is 2.32. The van der Waals surface area contributed by atoms with Crippen molar-refractivity contribution in [3.8, 4) is 5.75 Å². The molecular formula is C16H18BrNO. The van der Waals surface area contributed by atoms with Crippen molar-refractivity contribution in [2.24, 2.45) is 5.73 Å². The Morgan fingerprint density at radius 3 is 2.47 bits per heavy atom. The Bertz CT molecular complexity index is 595. The molecule has 0 radical (unpaired) electrons. The van der Waals surface area contributed by atoms with Crippen LogP contribution in [-0.4, -0.2) is 7.11 Å². The lowest BCUT2D eigenvalue weighted by molar-refractivity contribution is 0.407. The SMILES string of the molecule is COc1ccc(Br)cc1C(N)c1cc(C)ccc1C. The fourth-order valence-corrected chi connectivity index (χ4v) is 2.59. The van der Waals surface area contributed by atoms with E-state index in [4.69, 9.17) is 10.5 Å². The zero-order valence-corrected chi connectivity index (χ0v) is 13.0. The predicted octanol–water partition coefficient (Wildman–Crippen LogP) is 4.12. The number of methoxy groups -OCH3 is 1. The molecule has 19 heavy (non-hydrogen) atoms. The normalized spacial score (nSPS) is 12.3. The summed E-state index contributed by atoms with van der Waals surface area (Å²) in [5.74, 6) is 0.816. The predicted molar refractivity (Wildman–Crippen MR) is 82.6 cm³/mol. The van der Waals surface area contributed by atoms with Gasteiger partial charge in [0, 0.05) is 10.0 Å². The van der Waals surface area contributed by atoms with Gasteiger partial charge < -0.3 is 10.5 Å². The highest BCUT2D eigenvalue weighted by molar-refractivity contribution is 9.10. The van der Waals surface area contributed by atoms with Gasteiger partial charge in [-0.2, -0.15) is 0 Å². The lowest BCUT2D eigenvalue weighted by Crippen LogP contribution is -2.14. The van der Waals surface area contributed by atoms with Gasteiger partial charge in [-0.05, 0) is 43.2 Å². The van der Waals surface area contributed by atoms with Crippen LogP contribution in [0.15, 0.2) is 40.9 Å². The Morgan fingerprint density at radius 2 is 1.79 bits per heavy atom. The minimum atomic E-state index is -0.188. The lowest BCUT2D eigenvalue weighted by Gasteiger charge is -2.19. The topological polar surface area (TPSA) is 35.2 Å². The Morgan fingerprint density at radius 1 is 1.05 bits per heavy atom. The van der Waals surface area contributed by atoms with Crippen LogP contribution >= 0.6 is 15.9 Å². The molecule has 2 rings (SSSR count). The minimum absolute atomic E-state index is 0.188. The van der Waals surface area contributed by atoms with Gasteiger partial charge >= 0.3 is 0 Å². The van der Waals surface area contributed by atoms with Gasteiger partial charge in [0.2, 0.25) is 0 Å². The Labute approximate surface area is 122 Å². The number of benzene rings is 2.